The standard InChI is InChI=1S/C45H71N5O7S/c1-9-31-25-43(31,40(55)47-58(56,57)48-21-13-14-22-48)27-36(52)34-26-45(42(7,8)44(45)19-15-20-44)28-50(34)39(54)32(41(4,5)6)24-35(51)37(30-16-11-10-12-17-30)46-38(53)33-18-23-49(33)29(2)3/h9,29-34,37H,1,10-28H2,2-8H3,(H,46,53)(H,47,55)/t31-,32-,33-,34+,37+,43-,45-/m1/s1. The van der Waals surface area contributed by atoms with Crippen LogP contribution in [0.3, 0.4) is 0 Å². The quantitative estimate of drug-likeness (QED) is 0.204. The number of carbonyl (C=O) groups excluding carboxylic acids is 5. The number of rotatable bonds is 15. The normalized spacial score (nSPS) is 33.0. The maximum Gasteiger partial charge on any atom is 0.303 e. The number of Topliss-reactive ketones (excluding diaryl/α,β-unsaturated/α-hetero) is 2. The second kappa shape index (κ2) is 15.4. The van der Waals surface area contributed by atoms with Crippen molar-refractivity contribution in [3.05, 3.63) is 12.7 Å². The molecule has 2 spiro atoms. The maximum absolute atomic E-state index is 15.3. The Hall–Kier alpha value is -2.64. The molecule has 3 amide bonds. The predicted molar refractivity (Wildman–Crippen MR) is 222 cm³/mol. The second-order valence-electron chi connectivity index (χ2n) is 21.3. The Labute approximate surface area is 347 Å². The molecule has 0 bridgehead atoms. The molecule has 12 nitrogen and oxygen atoms in total. The van der Waals surface area contributed by atoms with E-state index in [0.717, 1.165) is 77.2 Å². The monoisotopic (exact) mass is 826 g/mol. The highest BCUT2D eigenvalue weighted by atomic mass is 32.2. The minimum Gasteiger partial charge on any atom is -0.345 e. The van der Waals surface area contributed by atoms with Gasteiger partial charge in [-0.05, 0) is 99.7 Å². The third-order valence-electron chi connectivity index (χ3n) is 17.0. The summed E-state index contributed by atoms with van der Waals surface area (Å²) in [5.74, 6) is -2.47. The Morgan fingerprint density at radius 3 is 2.02 bits per heavy atom. The molecule has 7 fully saturated rings. The number of allylic oxidation sites excluding steroid dienone is 1. The number of hydrogen-bond donors (Lipinski definition) is 2. The highest BCUT2D eigenvalue weighted by molar-refractivity contribution is 7.87. The number of amides is 3. The molecule has 0 aromatic heterocycles. The van der Waals surface area contributed by atoms with E-state index in [0.29, 0.717) is 32.5 Å². The molecule has 3 saturated heterocycles. The van der Waals surface area contributed by atoms with Crippen molar-refractivity contribution in [3.63, 3.8) is 0 Å². The fraction of sp³-hybridized carbons (Fsp3) is 0.844. The zero-order valence-electron chi connectivity index (χ0n) is 36.4. The minimum absolute atomic E-state index is 0.0107. The van der Waals surface area contributed by atoms with Crippen LogP contribution in [-0.2, 0) is 34.2 Å². The Kier molecular flexibility index (Phi) is 11.5. The van der Waals surface area contributed by atoms with Crippen LogP contribution >= 0.6 is 0 Å². The molecule has 0 aromatic rings. The van der Waals surface area contributed by atoms with E-state index in [1.807, 2.05) is 20.8 Å². The molecule has 7 aliphatic rings. The van der Waals surface area contributed by atoms with Gasteiger partial charge >= 0.3 is 10.2 Å². The van der Waals surface area contributed by atoms with Crippen LogP contribution in [0.25, 0.3) is 0 Å². The van der Waals surface area contributed by atoms with Crippen LogP contribution in [0.1, 0.15) is 145 Å². The van der Waals surface area contributed by atoms with Crippen molar-refractivity contribution in [3.8, 4) is 0 Å². The Morgan fingerprint density at radius 2 is 1.52 bits per heavy atom. The van der Waals surface area contributed by atoms with Crippen molar-refractivity contribution in [2.75, 3.05) is 26.2 Å². The first-order chi connectivity index (χ1) is 27.2. The van der Waals surface area contributed by atoms with Gasteiger partial charge in [0.05, 0.1) is 23.5 Å². The van der Waals surface area contributed by atoms with Crippen molar-refractivity contribution in [1.82, 2.24) is 24.1 Å². The summed E-state index contributed by atoms with van der Waals surface area (Å²) in [6, 6.07) is -1.51. The topological polar surface area (TPSA) is 153 Å². The average molecular weight is 826 g/mol. The molecule has 3 aliphatic heterocycles. The van der Waals surface area contributed by atoms with Crippen LogP contribution in [-0.4, -0.2) is 102 Å². The van der Waals surface area contributed by atoms with Gasteiger partial charge in [-0.1, -0.05) is 66.4 Å². The van der Waals surface area contributed by atoms with Gasteiger partial charge in [0.25, 0.3) is 0 Å². The largest absolute Gasteiger partial charge is 0.345 e. The summed E-state index contributed by atoms with van der Waals surface area (Å²) in [7, 11) is -4.06. The second-order valence-corrected chi connectivity index (χ2v) is 23.0. The lowest BCUT2D eigenvalue weighted by Crippen LogP contribution is -2.61. The van der Waals surface area contributed by atoms with Gasteiger partial charge in [-0.15, -0.1) is 6.58 Å². The molecule has 7 atom stereocenters. The highest BCUT2D eigenvalue weighted by Crippen LogP contribution is 2.88. The zero-order valence-corrected chi connectivity index (χ0v) is 37.2. The molecule has 0 aromatic carbocycles. The summed E-state index contributed by atoms with van der Waals surface area (Å²) in [5, 5.41) is 3.21. The van der Waals surface area contributed by atoms with Crippen molar-refractivity contribution in [2.45, 2.75) is 169 Å². The molecule has 0 unspecified atom stereocenters. The number of likely N-dealkylation sites (tertiary alicyclic amines) is 2. The van der Waals surface area contributed by atoms with Crippen LogP contribution in [0.4, 0.5) is 0 Å². The number of nitrogens with zero attached hydrogens (tertiary/aromatic N) is 3. The Morgan fingerprint density at radius 1 is 0.862 bits per heavy atom. The lowest BCUT2D eigenvalue weighted by molar-refractivity contribution is -0.147. The first kappa shape index (κ1) is 43.4. The van der Waals surface area contributed by atoms with E-state index in [2.05, 4.69) is 49.2 Å². The maximum atomic E-state index is 15.3. The molecule has 3 heterocycles. The van der Waals surface area contributed by atoms with E-state index in [1.165, 1.54) is 4.31 Å². The first-order valence-electron chi connectivity index (χ1n) is 22.5. The molecule has 4 saturated carbocycles. The van der Waals surface area contributed by atoms with Crippen LogP contribution in [0.2, 0.25) is 0 Å². The van der Waals surface area contributed by atoms with Crippen LogP contribution < -0.4 is 10.0 Å². The van der Waals surface area contributed by atoms with Crippen molar-refractivity contribution < 1.29 is 32.4 Å². The Balaban J connectivity index is 1.15. The zero-order chi connectivity index (χ0) is 42.2. The first-order valence-corrected chi connectivity index (χ1v) is 24.0. The van der Waals surface area contributed by atoms with Gasteiger partial charge in [-0.25, -0.2) is 4.72 Å². The summed E-state index contributed by atoms with van der Waals surface area (Å²) in [6.07, 6.45) is 12.4. The van der Waals surface area contributed by atoms with E-state index >= 15 is 4.79 Å². The number of hydrogen-bond acceptors (Lipinski definition) is 8. The average Bonchev–Trinajstić information content (AvgIpc) is 3.57. The van der Waals surface area contributed by atoms with Crippen LogP contribution in [0.15, 0.2) is 12.7 Å². The van der Waals surface area contributed by atoms with Gasteiger partial charge in [0.1, 0.15) is 0 Å². The van der Waals surface area contributed by atoms with Gasteiger partial charge in [0.15, 0.2) is 11.6 Å². The van der Waals surface area contributed by atoms with Gasteiger partial charge in [0.2, 0.25) is 17.7 Å². The fourth-order valence-corrected chi connectivity index (χ4v) is 14.0. The number of fused-ring (bicyclic) bond motifs is 1. The van der Waals surface area contributed by atoms with Crippen molar-refractivity contribution >= 4 is 39.5 Å². The summed E-state index contributed by atoms with van der Waals surface area (Å²) in [6.45, 7) is 20.5. The summed E-state index contributed by atoms with van der Waals surface area (Å²) in [4.78, 5) is 76.4. The smallest absolute Gasteiger partial charge is 0.303 e. The highest BCUT2D eigenvalue weighted by Gasteiger charge is 2.85. The lowest BCUT2D eigenvalue weighted by atomic mass is 9.73. The SMILES string of the molecule is C=C[C@@H]1C[C@]1(CC(=O)[C@@H]1C[C@@]2(CN1C(=O)[C@@H](CC(=O)[C@@H](NC(=O)[C@H]1CCN1C(C)C)C1CCCCC1)C(C)(C)C)C(C)(C)C21CCC1)C(=O)NS(=O)(=O)N1CCCC1. The molecule has 2 N–H and O–H groups in total. The van der Waals surface area contributed by atoms with Crippen LogP contribution in [0, 0.1) is 44.8 Å². The van der Waals surface area contributed by atoms with Gasteiger partial charge in [-0.3, -0.25) is 28.9 Å². The molecule has 13 heteroatoms. The van der Waals surface area contributed by atoms with E-state index in [4.69, 9.17) is 0 Å². The van der Waals surface area contributed by atoms with Crippen molar-refractivity contribution in [2.24, 2.45) is 44.8 Å². The minimum atomic E-state index is -4.06. The number of ketones is 2. The van der Waals surface area contributed by atoms with E-state index in [1.54, 1.807) is 11.0 Å². The lowest BCUT2D eigenvalue weighted by Gasteiger charge is -2.43. The molecule has 4 aliphatic carbocycles. The van der Waals surface area contributed by atoms with Gasteiger partial charge < -0.3 is 10.2 Å². The summed E-state index contributed by atoms with van der Waals surface area (Å²) in [5.41, 5.74) is -2.21. The van der Waals surface area contributed by atoms with Gasteiger partial charge in [0, 0.05) is 56.4 Å². The fourth-order valence-electron chi connectivity index (χ4n) is 12.7. The molecule has 7 rings (SSSR count). The number of carbonyl (C=O) groups is 5. The molecule has 324 valence electrons. The molecular weight excluding hydrogens is 755 g/mol. The summed E-state index contributed by atoms with van der Waals surface area (Å²) < 4.78 is 30.0. The third kappa shape index (κ3) is 7.12. The van der Waals surface area contributed by atoms with E-state index < -0.39 is 44.9 Å². The van der Waals surface area contributed by atoms with Gasteiger partial charge in [-0.2, -0.15) is 12.7 Å². The van der Waals surface area contributed by atoms with Crippen molar-refractivity contribution in [1.29, 1.82) is 0 Å². The molecule has 0 radical (unpaired) electrons. The van der Waals surface area contributed by atoms with E-state index in [-0.39, 0.29) is 76.4 Å². The van der Waals surface area contributed by atoms with E-state index in [9.17, 15) is 27.6 Å². The predicted octanol–water partition coefficient (Wildman–Crippen LogP) is 5.56. The van der Waals surface area contributed by atoms with Crippen LogP contribution in [0.5, 0.6) is 0 Å². The molecule has 58 heavy (non-hydrogen) atoms. The Bertz CT molecular complexity index is 1790. The number of nitrogens with one attached hydrogen (secondary N) is 2. The molecular formula is C45H71N5O7S. The summed E-state index contributed by atoms with van der Waals surface area (Å²) >= 11 is 0. The third-order valence-corrected chi connectivity index (χ3v) is 18.5.